The van der Waals surface area contributed by atoms with Crippen LogP contribution in [0.25, 0.3) is 5.82 Å². The maximum absolute atomic E-state index is 4.37. The molecule has 3 heterocycles. The first kappa shape index (κ1) is 20.4. The van der Waals surface area contributed by atoms with E-state index in [9.17, 15) is 0 Å². The van der Waals surface area contributed by atoms with Crippen LogP contribution in [0, 0.1) is 0 Å². The van der Waals surface area contributed by atoms with Crippen LogP contribution >= 0.6 is 35.3 Å². The molecule has 0 saturated heterocycles. The Bertz CT molecular complexity index is 828. The Balaban J connectivity index is 0.00000243. The van der Waals surface area contributed by atoms with E-state index < -0.39 is 0 Å². The van der Waals surface area contributed by atoms with Gasteiger partial charge in [0.25, 0.3) is 0 Å². The molecule has 6 nitrogen and oxygen atoms in total. The number of aromatic nitrogens is 3. The highest BCUT2D eigenvalue weighted by atomic mass is 127. The molecule has 0 radical (unpaired) electrons. The maximum atomic E-state index is 4.37. The van der Waals surface area contributed by atoms with Gasteiger partial charge in [0.05, 0.1) is 6.54 Å². The molecule has 3 aromatic heterocycles. The van der Waals surface area contributed by atoms with E-state index in [0.717, 1.165) is 30.3 Å². The molecule has 3 aromatic rings. The lowest BCUT2D eigenvalue weighted by Crippen LogP contribution is -2.36. The molecule has 138 valence electrons. The molecule has 0 aliphatic rings. The summed E-state index contributed by atoms with van der Waals surface area (Å²) in [6, 6.07) is 8.39. The molecule has 0 bridgehead atoms. The zero-order valence-corrected chi connectivity index (χ0v) is 18.0. The van der Waals surface area contributed by atoms with Crippen LogP contribution in [0.4, 0.5) is 0 Å². The van der Waals surface area contributed by atoms with Gasteiger partial charge < -0.3 is 10.6 Å². The molecule has 26 heavy (non-hydrogen) atoms. The summed E-state index contributed by atoms with van der Waals surface area (Å²) in [7, 11) is 1.78. The van der Waals surface area contributed by atoms with E-state index in [4.69, 9.17) is 0 Å². The van der Waals surface area contributed by atoms with Gasteiger partial charge in [-0.2, -0.15) is 0 Å². The quantitative estimate of drug-likeness (QED) is 0.321. The molecule has 0 fully saturated rings. The van der Waals surface area contributed by atoms with Crippen LogP contribution in [-0.2, 0) is 19.5 Å². The second kappa shape index (κ2) is 10.3. The second-order valence-corrected chi connectivity index (χ2v) is 6.75. The molecule has 0 atom stereocenters. The topological polar surface area (TPSA) is 67.1 Å². The van der Waals surface area contributed by atoms with Crippen LogP contribution in [-0.4, -0.2) is 27.5 Å². The highest BCUT2D eigenvalue weighted by Gasteiger charge is 2.03. The van der Waals surface area contributed by atoms with Crippen LogP contribution in [0.15, 0.2) is 54.2 Å². The highest BCUT2D eigenvalue weighted by molar-refractivity contribution is 14.0. The smallest absolute Gasteiger partial charge is 0.191 e. The minimum atomic E-state index is 0. The van der Waals surface area contributed by atoms with Crippen molar-refractivity contribution in [2.24, 2.45) is 4.99 Å². The Morgan fingerprint density at radius 3 is 2.65 bits per heavy atom. The highest BCUT2D eigenvalue weighted by Crippen LogP contribution is 2.16. The molecule has 0 spiro atoms. The summed E-state index contributed by atoms with van der Waals surface area (Å²) in [4.78, 5) is 15.4. The summed E-state index contributed by atoms with van der Waals surface area (Å²) < 4.78 is 1.89. The minimum absolute atomic E-state index is 0. The number of nitrogens with zero attached hydrogens (tertiary/aromatic N) is 4. The zero-order chi connectivity index (χ0) is 17.5. The van der Waals surface area contributed by atoms with Crippen molar-refractivity contribution < 1.29 is 0 Å². The number of guanidine groups is 1. The van der Waals surface area contributed by atoms with Gasteiger partial charge in [-0.3, -0.25) is 9.56 Å². The Morgan fingerprint density at radius 1 is 1.15 bits per heavy atom. The summed E-state index contributed by atoms with van der Waals surface area (Å²) in [5.74, 6) is 1.64. The fraction of sp³-hybridized carbons (Fsp3) is 0.278. The number of aryl methyl sites for hydroxylation is 1. The van der Waals surface area contributed by atoms with Gasteiger partial charge in [0.15, 0.2) is 5.96 Å². The third-order valence-electron chi connectivity index (χ3n) is 3.76. The summed E-state index contributed by atoms with van der Waals surface area (Å²) in [6.45, 7) is 3.63. The van der Waals surface area contributed by atoms with Gasteiger partial charge in [0, 0.05) is 41.9 Å². The first-order valence-corrected chi connectivity index (χ1v) is 9.05. The Labute approximate surface area is 174 Å². The number of thiophene rings is 1. The van der Waals surface area contributed by atoms with Gasteiger partial charge in [-0.1, -0.05) is 6.92 Å². The van der Waals surface area contributed by atoms with Crippen molar-refractivity contribution in [3.63, 3.8) is 0 Å². The standard InChI is InChI=1S/C18H22N6S.HI/c1-3-15-4-5-16(25-15)12-23-18(19-2)22-11-14-6-7-21-17(10-14)24-9-8-20-13-24;/h4-10,13H,3,11-12H2,1-2H3,(H2,19,22,23);1H. The Morgan fingerprint density at radius 2 is 1.96 bits per heavy atom. The van der Waals surface area contributed by atoms with E-state index in [-0.39, 0.29) is 24.0 Å². The number of pyridine rings is 1. The molecule has 3 rings (SSSR count). The number of hydrogen-bond donors (Lipinski definition) is 2. The van der Waals surface area contributed by atoms with Crippen molar-refractivity contribution in [3.05, 3.63) is 64.5 Å². The van der Waals surface area contributed by atoms with Crippen molar-refractivity contribution in [1.29, 1.82) is 0 Å². The first-order valence-electron chi connectivity index (χ1n) is 8.24. The second-order valence-electron chi connectivity index (χ2n) is 5.49. The number of imidazole rings is 1. The van der Waals surface area contributed by atoms with Crippen LogP contribution in [0.5, 0.6) is 0 Å². The molecular weight excluding hydrogens is 459 g/mol. The molecule has 0 unspecified atom stereocenters. The lowest BCUT2D eigenvalue weighted by atomic mass is 10.2. The molecule has 8 heteroatoms. The first-order chi connectivity index (χ1) is 12.3. The molecule has 0 saturated carbocycles. The fourth-order valence-electron chi connectivity index (χ4n) is 2.39. The van der Waals surface area contributed by atoms with Gasteiger partial charge in [0.1, 0.15) is 12.1 Å². The normalized spacial score (nSPS) is 11.1. The SMILES string of the molecule is CCc1ccc(CNC(=NC)NCc2ccnc(-n3ccnc3)c2)s1.I. The monoisotopic (exact) mass is 482 g/mol. The van der Waals surface area contributed by atoms with Gasteiger partial charge in [-0.05, 0) is 36.2 Å². The molecule has 2 N–H and O–H groups in total. The van der Waals surface area contributed by atoms with Crippen LogP contribution in [0.3, 0.4) is 0 Å². The predicted octanol–water partition coefficient (Wildman–Crippen LogP) is 3.37. The van der Waals surface area contributed by atoms with E-state index in [1.807, 2.05) is 34.2 Å². The van der Waals surface area contributed by atoms with E-state index in [1.54, 1.807) is 25.8 Å². The van der Waals surface area contributed by atoms with E-state index >= 15 is 0 Å². The maximum Gasteiger partial charge on any atom is 0.191 e. The van der Waals surface area contributed by atoms with Gasteiger partial charge in [-0.25, -0.2) is 9.97 Å². The third-order valence-corrected chi connectivity index (χ3v) is 4.99. The molecule has 0 amide bonds. The zero-order valence-electron chi connectivity index (χ0n) is 14.8. The molecule has 0 aromatic carbocycles. The van der Waals surface area contributed by atoms with Crippen LogP contribution in [0.1, 0.15) is 22.2 Å². The van der Waals surface area contributed by atoms with Crippen molar-refractivity contribution in [1.82, 2.24) is 25.2 Å². The van der Waals surface area contributed by atoms with Crippen molar-refractivity contribution in [2.45, 2.75) is 26.4 Å². The summed E-state index contributed by atoms with van der Waals surface area (Å²) >= 11 is 1.84. The molecule has 0 aliphatic heterocycles. The van der Waals surface area contributed by atoms with Gasteiger partial charge in [0.2, 0.25) is 0 Å². The lowest BCUT2D eigenvalue weighted by molar-refractivity contribution is 0.812. The molecule has 0 aliphatic carbocycles. The minimum Gasteiger partial charge on any atom is -0.352 e. The van der Waals surface area contributed by atoms with E-state index in [1.165, 1.54) is 9.75 Å². The lowest BCUT2D eigenvalue weighted by Gasteiger charge is -2.12. The van der Waals surface area contributed by atoms with Crippen molar-refractivity contribution in [3.8, 4) is 5.82 Å². The summed E-state index contributed by atoms with van der Waals surface area (Å²) in [6.07, 6.45) is 8.25. The number of nitrogens with one attached hydrogen (secondary N) is 2. The van der Waals surface area contributed by atoms with Gasteiger partial charge in [-0.15, -0.1) is 35.3 Å². The predicted molar refractivity (Wildman–Crippen MR) is 118 cm³/mol. The average molecular weight is 482 g/mol. The van der Waals surface area contributed by atoms with E-state index in [2.05, 4.69) is 44.7 Å². The fourth-order valence-corrected chi connectivity index (χ4v) is 3.29. The van der Waals surface area contributed by atoms with Crippen LogP contribution in [0.2, 0.25) is 0 Å². The summed E-state index contributed by atoms with van der Waals surface area (Å²) in [5.41, 5.74) is 1.13. The number of halogens is 1. The van der Waals surface area contributed by atoms with Crippen LogP contribution < -0.4 is 10.6 Å². The average Bonchev–Trinajstić information content (AvgIpc) is 3.34. The van der Waals surface area contributed by atoms with Crippen molar-refractivity contribution in [2.75, 3.05) is 7.05 Å². The van der Waals surface area contributed by atoms with Gasteiger partial charge >= 0.3 is 0 Å². The number of rotatable bonds is 6. The third kappa shape index (κ3) is 5.53. The van der Waals surface area contributed by atoms with E-state index in [0.29, 0.717) is 6.54 Å². The van der Waals surface area contributed by atoms with Crippen molar-refractivity contribution >= 4 is 41.3 Å². The summed E-state index contributed by atoms with van der Waals surface area (Å²) in [5, 5.41) is 6.69. The Hall–Kier alpha value is -1.94. The number of aliphatic imine (C=N–C) groups is 1. The molecular formula is C18H23IN6S. The Kier molecular flexibility index (Phi) is 8.05. The largest absolute Gasteiger partial charge is 0.352 e. The number of hydrogen-bond acceptors (Lipinski definition) is 4.